The number of benzene rings is 3. The van der Waals surface area contributed by atoms with Crippen molar-refractivity contribution in [3.05, 3.63) is 108 Å². The van der Waals surface area contributed by atoms with Gasteiger partial charge in [0.1, 0.15) is 0 Å². The number of hydrogen-bond acceptors (Lipinski definition) is 2. The molecule has 0 saturated heterocycles. The summed E-state index contributed by atoms with van der Waals surface area (Å²) in [5.74, 6) is 0.0219. The van der Waals surface area contributed by atoms with Crippen LogP contribution < -0.4 is 10.6 Å². The van der Waals surface area contributed by atoms with Crippen molar-refractivity contribution in [3.8, 4) is 0 Å². The summed E-state index contributed by atoms with van der Waals surface area (Å²) in [6, 6.07) is 30.0. The molecule has 26 heavy (non-hydrogen) atoms. The van der Waals surface area contributed by atoms with Crippen LogP contribution in [0.4, 0.5) is 0 Å². The fourth-order valence-electron chi connectivity index (χ4n) is 2.85. The van der Waals surface area contributed by atoms with Gasteiger partial charge in [-0.3, -0.25) is 4.79 Å². The Balaban J connectivity index is 1.63. The summed E-state index contributed by atoms with van der Waals surface area (Å²) in [5, 5.41) is 6.46. The third-order valence-electron chi connectivity index (χ3n) is 4.30. The molecule has 3 heteroatoms. The zero-order valence-electron chi connectivity index (χ0n) is 14.8. The molecular formula is C23H24N2O. The number of hydrogen-bond donors (Lipinski definition) is 2. The third-order valence-corrected chi connectivity index (χ3v) is 4.30. The largest absolute Gasteiger partial charge is 0.351 e. The van der Waals surface area contributed by atoms with Crippen molar-refractivity contribution in [2.45, 2.75) is 25.6 Å². The quantitative estimate of drug-likeness (QED) is 0.654. The Morgan fingerprint density at radius 1 is 0.654 bits per heavy atom. The summed E-state index contributed by atoms with van der Waals surface area (Å²) in [7, 11) is 0. The maximum Gasteiger partial charge on any atom is 0.237 e. The van der Waals surface area contributed by atoms with Crippen LogP contribution in [0.15, 0.2) is 91.0 Å². The minimum atomic E-state index is -0.277. The second-order valence-electron chi connectivity index (χ2n) is 6.31. The molecule has 3 nitrogen and oxygen atoms in total. The first-order valence-electron chi connectivity index (χ1n) is 8.94. The predicted molar refractivity (Wildman–Crippen MR) is 106 cm³/mol. The monoisotopic (exact) mass is 344 g/mol. The van der Waals surface area contributed by atoms with Gasteiger partial charge < -0.3 is 10.6 Å². The molecule has 3 aromatic rings. The lowest BCUT2D eigenvalue weighted by molar-refractivity contribution is -0.123. The summed E-state index contributed by atoms with van der Waals surface area (Å²) in [4.78, 5) is 12.8. The van der Waals surface area contributed by atoms with Gasteiger partial charge in [-0.05, 0) is 23.1 Å². The molecule has 0 radical (unpaired) electrons. The summed E-state index contributed by atoms with van der Waals surface area (Å²) in [5.41, 5.74) is 3.41. The second kappa shape index (κ2) is 9.54. The number of amides is 1. The van der Waals surface area contributed by atoms with Crippen LogP contribution in [0.25, 0.3) is 0 Å². The Morgan fingerprint density at radius 2 is 1.12 bits per heavy atom. The van der Waals surface area contributed by atoms with E-state index in [1.165, 1.54) is 5.56 Å². The fraction of sp³-hybridized carbons (Fsp3) is 0.174. The lowest BCUT2D eigenvalue weighted by atomic mass is 10.0. The first-order chi connectivity index (χ1) is 12.8. The standard InChI is InChI=1S/C23H24N2O/c26-23(25-18-21-14-8-3-9-15-21)22(16-19-10-4-1-5-11-19)24-17-20-12-6-2-7-13-20/h1-15,22,24H,16-18H2,(H,25,26)/t22-/m1/s1. The van der Waals surface area contributed by atoms with Gasteiger partial charge in [-0.15, -0.1) is 0 Å². The highest BCUT2D eigenvalue weighted by molar-refractivity contribution is 5.82. The van der Waals surface area contributed by atoms with Crippen LogP contribution in [-0.2, 0) is 24.3 Å². The van der Waals surface area contributed by atoms with Gasteiger partial charge in [-0.25, -0.2) is 0 Å². The Kier molecular flexibility index (Phi) is 6.57. The van der Waals surface area contributed by atoms with Gasteiger partial charge in [0.15, 0.2) is 0 Å². The number of nitrogens with one attached hydrogen (secondary N) is 2. The average molecular weight is 344 g/mol. The minimum Gasteiger partial charge on any atom is -0.351 e. The molecule has 0 heterocycles. The van der Waals surface area contributed by atoms with Crippen LogP contribution in [0.1, 0.15) is 16.7 Å². The van der Waals surface area contributed by atoms with Crippen LogP contribution in [0.3, 0.4) is 0 Å². The van der Waals surface area contributed by atoms with E-state index in [9.17, 15) is 4.79 Å². The van der Waals surface area contributed by atoms with Crippen molar-refractivity contribution in [2.24, 2.45) is 0 Å². The molecule has 1 amide bonds. The van der Waals surface area contributed by atoms with Crippen molar-refractivity contribution in [1.29, 1.82) is 0 Å². The van der Waals surface area contributed by atoms with E-state index >= 15 is 0 Å². The van der Waals surface area contributed by atoms with Crippen LogP contribution in [0, 0.1) is 0 Å². The first kappa shape index (κ1) is 17.9. The average Bonchev–Trinajstić information content (AvgIpc) is 2.71. The zero-order valence-corrected chi connectivity index (χ0v) is 14.8. The van der Waals surface area contributed by atoms with Crippen LogP contribution in [0.2, 0.25) is 0 Å². The van der Waals surface area contributed by atoms with Gasteiger partial charge in [0, 0.05) is 13.1 Å². The second-order valence-corrected chi connectivity index (χ2v) is 6.31. The van der Waals surface area contributed by atoms with Gasteiger partial charge in [-0.1, -0.05) is 91.0 Å². The molecular weight excluding hydrogens is 320 g/mol. The number of carbonyl (C=O) groups is 1. The maximum absolute atomic E-state index is 12.8. The van der Waals surface area contributed by atoms with Gasteiger partial charge in [0.25, 0.3) is 0 Å². The van der Waals surface area contributed by atoms with Crippen LogP contribution in [-0.4, -0.2) is 11.9 Å². The van der Waals surface area contributed by atoms with E-state index in [1.807, 2.05) is 66.7 Å². The van der Waals surface area contributed by atoms with Crippen LogP contribution in [0.5, 0.6) is 0 Å². The molecule has 0 fully saturated rings. The molecule has 0 spiro atoms. The lowest BCUT2D eigenvalue weighted by Crippen LogP contribution is -2.45. The maximum atomic E-state index is 12.8. The lowest BCUT2D eigenvalue weighted by Gasteiger charge is -2.19. The van der Waals surface area contributed by atoms with Crippen molar-refractivity contribution in [2.75, 3.05) is 0 Å². The van der Waals surface area contributed by atoms with Gasteiger partial charge >= 0.3 is 0 Å². The normalized spacial score (nSPS) is 11.7. The minimum absolute atomic E-state index is 0.0219. The highest BCUT2D eigenvalue weighted by Crippen LogP contribution is 2.06. The smallest absolute Gasteiger partial charge is 0.237 e. The molecule has 132 valence electrons. The summed E-state index contributed by atoms with van der Waals surface area (Å²) in [6.07, 6.45) is 0.661. The third kappa shape index (κ3) is 5.57. The highest BCUT2D eigenvalue weighted by Gasteiger charge is 2.18. The number of carbonyl (C=O) groups excluding carboxylic acids is 1. The molecule has 0 unspecified atom stereocenters. The van der Waals surface area contributed by atoms with E-state index in [-0.39, 0.29) is 11.9 Å². The Morgan fingerprint density at radius 3 is 1.65 bits per heavy atom. The van der Waals surface area contributed by atoms with Crippen LogP contribution >= 0.6 is 0 Å². The zero-order chi connectivity index (χ0) is 18.0. The Bertz CT molecular complexity index is 788. The molecule has 0 aliphatic carbocycles. The highest BCUT2D eigenvalue weighted by atomic mass is 16.2. The SMILES string of the molecule is O=C(NCc1ccccc1)[C@@H](Cc1ccccc1)NCc1ccccc1. The molecule has 0 aliphatic heterocycles. The molecule has 0 aliphatic rings. The van der Waals surface area contributed by atoms with Gasteiger partial charge in [0.05, 0.1) is 6.04 Å². The summed E-state index contributed by atoms with van der Waals surface area (Å²) < 4.78 is 0. The Hall–Kier alpha value is -2.91. The summed E-state index contributed by atoms with van der Waals surface area (Å²) in [6.45, 7) is 1.20. The fourth-order valence-corrected chi connectivity index (χ4v) is 2.85. The Labute approximate surface area is 155 Å². The van der Waals surface area contributed by atoms with Crippen molar-refractivity contribution in [3.63, 3.8) is 0 Å². The van der Waals surface area contributed by atoms with Gasteiger partial charge in [-0.2, -0.15) is 0 Å². The number of rotatable bonds is 8. The molecule has 2 N–H and O–H groups in total. The molecule has 0 bridgehead atoms. The van der Waals surface area contributed by atoms with E-state index in [0.717, 1.165) is 11.1 Å². The van der Waals surface area contributed by atoms with Crippen molar-refractivity contribution >= 4 is 5.91 Å². The van der Waals surface area contributed by atoms with E-state index < -0.39 is 0 Å². The van der Waals surface area contributed by atoms with Gasteiger partial charge in [0.2, 0.25) is 5.91 Å². The molecule has 1 atom stereocenters. The molecule has 3 rings (SSSR count). The van der Waals surface area contributed by atoms with Crippen molar-refractivity contribution < 1.29 is 4.79 Å². The molecule has 0 aromatic heterocycles. The van der Waals surface area contributed by atoms with E-state index in [2.05, 4.69) is 34.9 Å². The first-order valence-corrected chi connectivity index (χ1v) is 8.94. The molecule has 0 saturated carbocycles. The topological polar surface area (TPSA) is 41.1 Å². The summed E-state index contributed by atoms with van der Waals surface area (Å²) >= 11 is 0. The predicted octanol–water partition coefficient (Wildman–Crippen LogP) is 3.70. The van der Waals surface area contributed by atoms with E-state index in [1.54, 1.807) is 0 Å². The molecule has 3 aromatic carbocycles. The van der Waals surface area contributed by atoms with E-state index in [0.29, 0.717) is 19.5 Å². The van der Waals surface area contributed by atoms with E-state index in [4.69, 9.17) is 0 Å². The van der Waals surface area contributed by atoms with Crippen molar-refractivity contribution in [1.82, 2.24) is 10.6 Å².